The number of hydrogen-bond donors (Lipinski definition) is 2. The fraction of sp³-hybridized carbons (Fsp3) is 0.458. The first-order valence-corrected chi connectivity index (χ1v) is 13.0. The van der Waals surface area contributed by atoms with Crippen LogP contribution in [0.4, 0.5) is 8.78 Å². The van der Waals surface area contributed by atoms with Gasteiger partial charge < -0.3 is 19.5 Å². The van der Waals surface area contributed by atoms with Gasteiger partial charge >= 0.3 is 6.61 Å². The van der Waals surface area contributed by atoms with E-state index >= 15 is 0 Å². The molecule has 0 fully saturated rings. The van der Waals surface area contributed by atoms with Crippen LogP contribution < -0.4 is 19.9 Å². The normalized spacial score (nSPS) is 14.7. The number of nitrogens with one attached hydrogen (secondary N) is 1. The molecule has 3 N–H and O–H groups in total. The third-order valence-electron chi connectivity index (χ3n) is 5.57. The smallest absolute Gasteiger partial charge is 0.387 e. The highest BCUT2D eigenvalue weighted by atomic mass is 32.2. The summed E-state index contributed by atoms with van der Waals surface area (Å²) in [5.74, 6) is 0.00965. The molecule has 0 bridgehead atoms. The second-order valence-electron chi connectivity index (χ2n) is 8.29. The molecule has 1 aliphatic heterocycles. The number of ether oxygens (including phenoxy) is 3. The summed E-state index contributed by atoms with van der Waals surface area (Å²) in [5.41, 5.74) is 2.20. The third-order valence-corrected chi connectivity index (χ3v) is 6.31. The van der Waals surface area contributed by atoms with Gasteiger partial charge in [-0.25, -0.2) is 13.6 Å². The maximum atomic E-state index is 13.0. The van der Waals surface area contributed by atoms with Crippen molar-refractivity contribution in [3.8, 4) is 22.6 Å². The number of nitrogens with two attached hydrogens (primary N) is 1. The van der Waals surface area contributed by atoms with Crippen LogP contribution in [0.1, 0.15) is 49.3 Å². The quantitative estimate of drug-likeness (QED) is 0.393. The largest absolute Gasteiger partial charge is 0.485 e. The molecule has 0 saturated carbocycles. The number of fused-ring (bicyclic) bond motifs is 3. The molecule has 1 amide bonds. The maximum Gasteiger partial charge on any atom is 0.387 e. The van der Waals surface area contributed by atoms with E-state index in [-0.39, 0.29) is 17.4 Å². The number of primary sulfonamides is 1. The van der Waals surface area contributed by atoms with Gasteiger partial charge in [0.1, 0.15) is 17.6 Å². The minimum absolute atomic E-state index is 0.0177. The van der Waals surface area contributed by atoms with E-state index < -0.39 is 22.7 Å². The molecule has 0 saturated heterocycles. The fourth-order valence-electron chi connectivity index (χ4n) is 4.10. The van der Waals surface area contributed by atoms with E-state index in [1.165, 1.54) is 6.07 Å². The van der Waals surface area contributed by atoms with Crippen LogP contribution >= 0.6 is 0 Å². The number of rotatable bonds is 13. The van der Waals surface area contributed by atoms with Gasteiger partial charge in [-0.05, 0) is 42.5 Å². The van der Waals surface area contributed by atoms with Crippen molar-refractivity contribution in [1.29, 1.82) is 0 Å². The van der Waals surface area contributed by atoms with E-state index in [1.807, 2.05) is 0 Å². The summed E-state index contributed by atoms with van der Waals surface area (Å²) in [6.45, 7) is -2.07. The zero-order valence-electron chi connectivity index (χ0n) is 19.5. The van der Waals surface area contributed by atoms with Crippen molar-refractivity contribution in [3.05, 3.63) is 47.5 Å². The Kier molecular flexibility index (Phi) is 9.41. The van der Waals surface area contributed by atoms with Crippen LogP contribution in [0.2, 0.25) is 0 Å². The number of benzene rings is 2. The molecule has 1 unspecified atom stereocenters. The summed E-state index contributed by atoms with van der Waals surface area (Å²) in [7, 11) is -2.19. The number of carbonyl (C=O) groups is 1. The molecule has 0 radical (unpaired) electrons. The number of alkyl halides is 2. The molecule has 3 rings (SSSR count). The summed E-state index contributed by atoms with van der Waals surface area (Å²) >= 11 is 0. The average Bonchev–Trinajstić information content (AvgIpc) is 2.77. The lowest BCUT2D eigenvalue weighted by Gasteiger charge is -2.30. The highest BCUT2D eigenvalue weighted by Crippen LogP contribution is 2.49. The molecule has 0 aliphatic carbocycles. The second-order valence-corrected chi connectivity index (χ2v) is 9.90. The van der Waals surface area contributed by atoms with Gasteiger partial charge in [0.05, 0.1) is 17.9 Å². The van der Waals surface area contributed by atoms with Crippen molar-refractivity contribution < 1.29 is 36.2 Å². The van der Waals surface area contributed by atoms with E-state index in [4.69, 9.17) is 19.3 Å². The molecular formula is C24H30F2N2O6S. The monoisotopic (exact) mass is 512 g/mol. The number of sulfonamides is 1. The number of halogens is 2. The van der Waals surface area contributed by atoms with Crippen molar-refractivity contribution in [2.45, 2.75) is 50.6 Å². The van der Waals surface area contributed by atoms with E-state index in [1.54, 1.807) is 37.4 Å². The van der Waals surface area contributed by atoms with Gasteiger partial charge in [0.15, 0.2) is 0 Å². The van der Waals surface area contributed by atoms with E-state index in [0.29, 0.717) is 60.4 Å². The summed E-state index contributed by atoms with van der Waals surface area (Å²) < 4.78 is 65.0. The van der Waals surface area contributed by atoms with Gasteiger partial charge in [-0.3, -0.25) is 4.79 Å². The minimum Gasteiger partial charge on any atom is -0.485 e. The van der Waals surface area contributed by atoms with Gasteiger partial charge in [-0.2, -0.15) is 8.78 Å². The molecule has 1 atom stereocenters. The van der Waals surface area contributed by atoms with Crippen LogP contribution in [0, 0.1) is 0 Å². The van der Waals surface area contributed by atoms with Crippen molar-refractivity contribution in [2.75, 3.05) is 20.3 Å². The minimum atomic E-state index is -3.76. The fourth-order valence-corrected chi connectivity index (χ4v) is 4.75. The SMILES string of the molecule is COCCNC(=O)CCCCCC1Oc2cccc(OC(F)F)c2-c2ccc(CS(N)(=O)=O)cc21. The van der Waals surface area contributed by atoms with Crippen LogP contribution in [0.15, 0.2) is 36.4 Å². The van der Waals surface area contributed by atoms with Crippen LogP contribution in [0.3, 0.4) is 0 Å². The van der Waals surface area contributed by atoms with Crippen LogP contribution in [0.25, 0.3) is 11.1 Å². The van der Waals surface area contributed by atoms with Gasteiger partial charge in [0, 0.05) is 25.6 Å². The van der Waals surface area contributed by atoms with Gasteiger partial charge in [0.2, 0.25) is 15.9 Å². The Morgan fingerprint density at radius 1 is 1.20 bits per heavy atom. The number of methoxy groups -OCH3 is 1. The van der Waals surface area contributed by atoms with Crippen molar-refractivity contribution in [2.24, 2.45) is 5.14 Å². The molecule has 0 spiro atoms. The topological polar surface area (TPSA) is 117 Å². The molecule has 192 valence electrons. The summed E-state index contributed by atoms with van der Waals surface area (Å²) in [6, 6.07) is 9.69. The molecule has 11 heteroatoms. The van der Waals surface area contributed by atoms with Crippen molar-refractivity contribution in [3.63, 3.8) is 0 Å². The predicted octanol–water partition coefficient (Wildman–Crippen LogP) is 3.89. The van der Waals surface area contributed by atoms with Crippen LogP contribution in [0.5, 0.6) is 11.5 Å². The first kappa shape index (κ1) is 26.8. The lowest BCUT2D eigenvalue weighted by atomic mass is 9.89. The van der Waals surface area contributed by atoms with Crippen LogP contribution in [-0.4, -0.2) is 41.2 Å². The first-order valence-electron chi connectivity index (χ1n) is 11.3. The lowest BCUT2D eigenvalue weighted by molar-refractivity contribution is -0.121. The summed E-state index contributed by atoms with van der Waals surface area (Å²) in [6.07, 6.45) is 2.81. The zero-order valence-corrected chi connectivity index (χ0v) is 20.3. The Morgan fingerprint density at radius 2 is 2.00 bits per heavy atom. The number of amides is 1. The highest BCUT2D eigenvalue weighted by molar-refractivity contribution is 7.88. The summed E-state index contributed by atoms with van der Waals surface area (Å²) in [4.78, 5) is 11.8. The second kappa shape index (κ2) is 12.3. The number of unbranched alkanes of at least 4 members (excludes halogenated alkanes) is 2. The van der Waals surface area contributed by atoms with Crippen molar-refractivity contribution in [1.82, 2.24) is 5.32 Å². The van der Waals surface area contributed by atoms with Gasteiger partial charge in [0.25, 0.3) is 0 Å². The Labute approximate surface area is 203 Å². The Hall–Kier alpha value is -2.76. The van der Waals surface area contributed by atoms with E-state index in [2.05, 4.69) is 5.32 Å². The third kappa shape index (κ3) is 7.87. The number of hydrogen-bond acceptors (Lipinski definition) is 6. The Morgan fingerprint density at radius 3 is 2.71 bits per heavy atom. The predicted molar refractivity (Wildman–Crippen MR) is 127 cm³/mol. The number of carbonyl (C=O) groups excluding carboxylic acids is 1. The molecular weight excluding hydrogens is 482 g/mol. The standard InChI is InChI=1S/C24H30F2N2O6S/c1-32-13-12-28-22(29)9-4-2-3-6-19-18-14-16(15-35(27,30)31)10-11-17(18)23-20(33-19)7-5-8-21(23)34-24(25)26/h5,7-8,10-11,14,19,24H,2-4,6,9,12-13,15H2,1H3,(H,28,29)(H2,27,30,31). The average molecular weight is 513 g/mol. The molecule has 8 nitrogen and oxygen atoms in total. The molecule has 1 aliphatic rings. The van der Waals surface area contributed by atoms with E-state index in [9.17, 15) is 22.0 Å². The lowest BCUT2D eigenvalue weighted by Crippen LogP contribution is -2.26. The molecule has 2 aromatic rings. The zero-order chi connectivity index (χ0) is 25.4. The molecule has 35 heavy (non-hydrogen) atoms. The molecule has 1 heterocycles. The Bertz CT molecular complexity index is 1130. The first-order chi connectivity index (χ1) is 16.7. The maximum absolute atomic E-state index is 13.0. The van der Waals surface area contributed by atoms with Crippen LogP contribution in [-0.2, 0) is 25.3 Å². The molecule has 2 aromatic carbocycles. The highest BCUT2D eigenvalue weighted by Gasteiger charge is 2.29. The Balaban J connectivity index is 1.75. The van der Waals surface area contributed by atoms with Crippen molar-refractivity contribution >= 4 is 15.9 Å². The van der Waals surface area contributed by atoms with Gasteiger partial charge in [-0.1, -0.05) is 30.7 Å². The van der Waals surface area contributed by atoms with E-state index in [0.717, 1.165) is 12.8 Å². The summed E-state index contributed by atoms with van der Waals surface area (Å²) in [5, 5.41) is 7.99. The van der Waals surface area contributed by atoms with Gasteiger partial charge in [-0.15, -0.1) is 0 Å². The molecule has 0 aromatic heterocycles.